The summed E-state index contributed by atoms with van der Waals surface area (Å²) >= 11 is 0. The van der Waals surface area contributed by atoms with Crippen LogP contribution in [0.5, 0.6) is 5.75 Å². The first-order valence-corrected chi connectivity index (χ1v) is 6.85. The highest BCUT2D eigenvalue weighted by Gasteiger charge is 2.35. The molecular weight excluding hydrogens is 242 g/mol. The molecule has 0 heterocycles. The summed E-state index contributed by atoms with van der Waals surface area (Å²) in [5.41, 5.74) is -0.694. The number of hydrogen-bond donors (Lipinski definition) is 2. The lowest BCUT2D eigenvalue weighted by Gasteiger charge is -2.36. The fraction of sp³-hybridized carbons (Fsp3) is 0.533. The SMILES string of the molecule is CCC(Oc1ccccc1)C(=O)NCC1(O)CCC1. The molecule has 104 valence electrons. The lowest BCUT2D eigenvalue weighted by Crippen LogP contribution is -2.50. The van der Waals surface area contributed by atoms with Gasteiger partial charge >= 0.3 is 0 Å². The van der Waals surface area contributed by atoms with Crippen molar-refractivity contribution in [2.75, 3.05) is 6.54 Å². The minimum absolute atomic E-state index is 0.160. The van der Waals surface area contributed by atoms with Gasteiger partial charge in [-0.05, 0) is 37.8 Å². The highest BCUT2D eigenvalue weighted by molar-refractivity contribution is 5.81. The Morgan fingerprint density at radius 1 is 1.42 bits per heavy atom. The van der Waals surface area contributed by atoms with Gasteiger partial charge in [0.2, 0.25) is 0 Å². The van der Waals surface area contributed by atoms with Crippen molar-refractivity contribution in [2.24, 2.45) is 0 Å². The summed E-state index contributed by atoms with van der Waals surface area (Å²) in [5, 5.41) is 12.7. The normalized spacial score (nSPS) is 18.2. The minimum atomic E-state index is -0.694. The summed E-state index contributed by atoms with van der Waals surface area (Å²) in [7, 11) is 0. The number of rotatable bonds is 6. The van der Waals surface area contributed by atoms with Crippen molar-refractivity contribution in [1.82, 2.24) is 5.32 Å². The molecule has 0 aliphatic heterocycles. The van der Waals surface area contributed by atoms with E-state index in [4.69, 9.17) is 4.74 Å². The fourth-order valence-electron chi connectivity index (χ4n) is 2.11. The van der Waals surface area contributed by atoms with Gasteiger partial charge in [-0.1, -0.05) is 25.1 Å². The van der Waals surface area contributed by atoms with Crippen LogP contribution in [0, 0.1) is 0 Å². The third-order valence-electron chi connectivity index (χ3n) is 3.56. The van der Waals surface area contributed by atoms with Crippen LogP contribution in [-0.4, -0.2) is 29.3 Å². The van der Waals surface area contributed by atoms with Gasteiger partial charge in [0.1, 0.15) is 5.75 Å². The standard InChI is InChI=1S/C15H21NO3/c1-2-13(19-12-7-4-3-5-8-12)14(17)16-11-15(18)9-6-10-15/h3-5,7-8,13,18H,2,6,9-11H2,1H3,(H,16,17). The molecule has 4 nitrogen and oxygen atoms in total. The molecule has 1 aliphatic rings. The van der Waals surface area contributed by atoms with E-state index in [9.17, 15) is 9.90 Å². The molecule has 1 aromatic rings. The molecular formula is C15H21NO3. The topological polar surface area (TPSA) is 58.6 Å². The molecule has 1 aromatic carbocycles. The number of carbonyl (C=O) groups is 1. The van der Waals surface area contributed by atoms with Crippen molar-refractivity contribution in [2.45, 2.75) is 44.3 Å². The molecule has 1 fully saturated rings. The van der Waals surface area contributed by atoms with Crippen molar-refractivity contribution in [3.63, 3.8) is 0 Å². The van der Waals surface area contributed by atoms with Crippen LogP contribution in [-0.2, 0) is 4.79 Å². The zero-order valence-corrected chi connectivity index (χ0v) is 11.3. The molecule has 0 aromatic heterocycles. The number of carbonyl (C=O) groups excluding carboxylic acids is 1. The highest BCUT2D eigenvalue weighted by atomic mass is 16.5. The van der Waals surface area contributed by atoms with E-state index in [-0.39, 0.29) is 5.91 Å². The average molecular weight is 263 g/mol. The van der Waals surface area contributed by atoms with Crippen LogP contribution >= 0.6 is 0 Å². The van der Waals surface area contributed by atoms with E-state index in [1.807, 2.05) is 37.3 Å². The maximum atomic E-state index is 12.0. The summed E-state index contributed by atoms with van der Waals surface area (Å²) in [4.78, 5) is 12.0. The van der Waals surface area contributed by atoms with Gasteiger partial charge in [-0.3, -0.25) is 4.79 Å². The quantitative estimate of drug-likeness (QED) is 0.824. The number of benzene rings is 1. The Morgan fingerprint density at radius 3 is 2.63 bits per heavy atom. The van der Waals surface area contributed by atoms with Crippen molar-refractivity contribution in [3.8, 4) is 5.75 Å². The molecule has 1 amide bonds. The zero-order valence-electron chi connectivity index (χ0n) is 11.3. The van der Waals surface area contributed by atoms with Crippen molar-refractivity contribution < 1.29 is 14.6 Å². The van der Waals surface area contributed by atoms with Gasteiger partial charge in [0.15, 0.2) is 6.10 Å². The Hall–Kier alpha value is -1.55. The highest BCUT2D eigenvalue weighted by Crippen LogP contribution is 2.30. The zero-order chi connectivity index (χ0) is 13.7. The van der Waals surface area contributed by atoms with E-state index in [0.29, 0.717) is 18.7 Å². The molecule has 0 spiro atoms. The third kappa shape index (κ3) is 3.70. The largest absolute Gasteiger partial charge is 0.481 e. The second-order valence-electron chi connectivity index (χ2n) is 5.12. The number of para-hydroxylation sites is 1. The van der Waals surface area contributed by atoms with Crippen LogP contribution < -0.4 is 10.1 Å². The van der Waals surface area contributed by atoms with Crippen LogP contribution in [0.1, 0.15) is 32.6 Å². The van der Waals surface area contributed by atoms with E-state index < -0.39 is 11.7 Å². The lowest BCUT2D eigenvalue weighted by atomic mass is 9.80. The van der Waals surface area contributed by atoms with Crippen LogP contribution in [0.2, 0.25) is 0 Å². The molecule has 0 radical (unpaired) electrons. The van der Waals surface area contributed by atoms with Gasteiger partial charge in [0.05, 0.1) is 5.60 Å². The van der Waals surface area contributed by atoms with Crippen LogP contribution in [0.4, 0.5) is 0 Å². The molecule has 4 heteroatoms. The van der Waals surface area contributed by atoms with Crippen molar-refractivity contribution >= 4 is 5.91 Å². The third-order valence-corrected chi connectivity index (χ3v) is 3.56. The number of amides is 1. The average Bonchev–Trinajstić information content (AvgIpc) is 2.41. The maximum Gasteiger partial charge on any atom is 0.261 e. The van der Waals surface area contributed by atoms with Crippen LogP contribution in [0.25, 0.3) is 0 Å². The smallest absolute Gasteiger partial charge is 0.261 e. The van der Waals surface area contributed by atoms with Gasteiger partial charge < -0.3 is 15.2 Å². The first-order chi connectivity index (χ1) is 9.13. The van der Waals surface area contributed by atoms with Gasteiger partial charge in [-0.2, -0.15) is 0 Å². The number of ether oxygens (including phenoxy) is 1. The van der Waals surface area contributed by atoms with Gasteiger partial charge in [-0.25, -0.2) is 0 Å². The molecule has 1 atom stereocenters. The molecule has 1 saturated carbocycles. The summed E-state index contributed by atoms with van der Waals surface area (Å²) in [6.07, 6.45) is 2.65. The van der Waals surface area contributed by atoms with E-state index in [0.717, 1.165) is 19.3 Å². The van der Waals surface area contributed by atoms with E-state index in [1.54, 1.807) is 0 Å². The Morgan fingerprint density at radius 2 is 2.11 bits per heavy atom. The van der Waals surface area contributed by atoms with E-state index >= 15 is 0 Å². The Balaban J connectivity index is 1.84. The summed E-state index contributed by atoms with van der Waals surface area (Å²) in [6, 6.07) is 9.30. The second kappa shape index (κ2) is 6.06. The molecule has 0 saturated heterocycles. The second-order valence-corrected chi connectivity index (χ2v) is 5.12. The number of hydrogen-bond acceptors (Lipinski definition) is 3. The van der Waals surface area contributed by atoms with E-state index in [2.05, 4.69) is 5.32 Å². The summed E-state index contributed by atoms with van der Waals surface area (Å²) < 4.78 is 5.65. The summed E-state index contributed by atoms with van der Waals surface area (Å²) in [5.74, 6) is 0.526. The summed E-state index contributed by atoms with van der Waals surface area (Å²) in [6.45, 7) is 2.23. The monoisotopic (exact) mass is 263 g/mol. The van der Waals surface area contributed by atoms with Gasteiger partial charge in [0, 0.05) is 6.54 Å². The molecule has 2 N–H and O–H groups in total. The first kappa shape index (κ1) is 13.9. The fourth-order valence-corrected chi connectivity index (χ4v) is 2.11. The van der Waals surface area contributed by atoms with E-state index in [1.165, 1.54) is 0 Å². The molecule has 1 aliphatic carbocycles. The lowest BCUT2D eigenvalue weighted by molar-refractivity contribution is -0.130. The van der Waals surface area contributed by atoms with Crippen LogP contribution in [0.3, 0.4) is 0 Å². The Labute approximate surface area is 113 Å². The maximum absolute atomic E-state index is 12.0. The predicted octanol–water partition coefficient (Wildman–Crippen LogP) is 1.88. The number of nitrogens with one attached hydrogen (secondary N) is 1. The van der Waals surface area contributed by atoms with Crippen LogP contribution in [0.15, 0.2) is 30.3 Å². The number of aliphatic hydroxyl groups is 1. The Kier molecular flexibility index (Phi) is 4.43. The first-order valence-electron chi connectivity index (χ1n) is 6.85. The van der Waals surface area contributed by atoms with Crippen molar-refractivity contribution in [3.05, 3.63) is 30.3 Å². The van der Waals surface area contributed by atoms with Gasteiger partial charge in [0.25, 0.3) is 5.91 Å². The molecule has 19 heavy (non-hydrogen) atoms. The van der Waals surface area contributed by atoms with Gasteiger partial charge in [-0.15, -0.1) is 0 Å². The Bertz CT molecular complexity index is 415. The molecule has 1 unspecified atom stereocenters. The molecule has 2 rings (SSSR count). The molecule has 0 bridgehead atoms. The van der Waals surface area contributed by atoms with Crippen molar-refractivity contribution in [1.29, 1.82) is 0 Å². The predicted molar refractivity (Wildman–Crippen MR) is 73.0 cm³/mol. The minimum Gasteiger partial charge on any atom is -0.481 e.